The first-order chi connectivity index (χ1) is 10.2. The number of anilines is 2. The molecular formula is C16H25N3O2. The molecule has 0 aliphatic heterocycles. The van der Waals surface area contributed by atoms with Crippen molar-refractivity contribution in [2.24, 2.45) is 5.92 Å². The monoisotopic (exact) mass is 291 g/mol. The minimum Gasteiger partial charge on any atom is -0.380 e. The summed E-state index contributed by atoms with van der Waals surface area (Å²) in [5.74, 6) is 0.825. The SMILES string of the molecule is CCNc1cccc(NC2CCC(CC)CC2)c1[N+](=O)[O-]. The Morgan fingerprint density at radius 1 is 1.19 bits per heavy atom. The smallest absolute Gasteiger partial charge is 0.315 e. The fourth-order valence-electron chi connectivity index (χ4n) is 3.12. The predicted octanol–water partition coefficient (Wildman–Crippen LogP) is 4.41. The fourth-order valence-corrected chi connectivity index (χ4v) is 3.12. The van der Waals surface area contributed by atoms with E-state index >= 15 is 0 Å². The number of nitrogens with one attached hydrogen (secondary N) is 2. The molecule has 0 amide bonds. The minimum atomic E-state index is -0.294. The van der Waals surface area contributed by atoms with Gasteiger partial charge in [0.2, 0.25) is 0 Å². The van der Waals surface area contributed by atoms with Crippen LogP contribution in [0.3, 0.4) is 0 Å². The van der Waals surface area contributed by atoms with Crippen LogP contribution in [0.2, 0.25) is 0 Å². The van der Waals surface area contributed by atoms with Crippen LogP contribution in [0.15, 0.2) is 18.2 Å². The summed E-state index contributed by atoms with van der Waals surface area (Å²) >= 11 is 0. The number of benzene rings is 1. The van der Waals surface area contributed by atoms with E-state index in [9.17, 15) is 10.1 Å². The molecule has 1 aromatic carbocycles. The molecule has 2 rings (SSSR count). The lowest BCUT2D eigenvalue weighted by molar-refractivity contribution is -0.383. The van der Waals surface area contributed by atoms with Gasteiger partial charge < -0.3 is 10.6 Å². The Morgan fingerprint density at radius 2 is 1.86 bits per heavy atom. The van der Waals surface area contributed by atoms with Crippen LogP contribution >= 0.6 is 0 Å². The van der Waals surface area contributed by atoms with Gasteiger partial charge in [0.1, 0.15) is 11.4 Å². The second-order valence-electron chi connectivity index (χ2n) is 5.76. The molecule has 1 aliphatic rings. The number of nitrogens with zero attached hydrogens (tertiary/aromatic N) is 1. The van der Waals surface area contributed by atoms with Gasteiger partial charge in [0.25, 0.3) is 0 Å². The Hall–Kier alpha value is -1.78. The predicted molar refractivity (Wildman–Crippen MR) is 86.9 cm³/mol. The van der Waals surface area contributed by atoms with Crippen molar-refractivity contribution < 1.29 is 4.92 Å². The summed E-state index contributed by atoms with van der Waals surface area (Å²) in [6.45, 7) is 4.85. The quantitative estimate of drug-likeness (QED) is 0.602. The van der Waals surface area contributed by atoms with E-state index in [0.29, 0.717) is 24.0 Å². The molecule has 0 atom stereocenters. The molecule has 1 saturated carbocycles. The van der Waals surface area contributed by atoms with Crippen molar-refractivity contribution in [3.05, 3.63) is 28.3 Å². The lowest BCUT2D eigenvalue weighted by atomic mass is 9.84. The number of para-hydroxylation sites is 1. The van der Waals surface area contributed by atoms with Crippen molar-refractivity contribution in [1.82, 2.24) is 0 Å². The molecule has 5 nitrogen and oxygen atoms in total. The van der Waals surface area contributed by atoms with E-state index in [1.807, 2.05) is 19.1 Å². The summed E-state index contributed by atoms with van der Waals surface area (Å²) in [6, 6.07) is 5.79. The molecule has 1 aromatic rings. The number of nitro benzene ring substituents is 1. The molecule has 116 valence electrons. The molecule has 0 radical (unpaired) electrons. The Morgan fingerprint density at radius 3 is 2.43 bits per heavy atom. The Balaban J connectivity index is 2.12. The van der Waals surface area contributed by atoms with Gasteiger partial charge in [0, 0.05) is 12.6 Å². The third-order valence-corrected chi connectivity index (χ3v) is 4.37. The average Bonchev–Trinajstić information content (AvgIpc) is 2.48. The molecule has 0 bridgehead atoms. The first kappa shape index (κ1) is 15.6. The lowest BCUT2D eigenvalue weighted by Gasteiger charge is -2.29. The third-order valence-electron chi connectivity index (χ3n) is 4.37. The van der Waals surface area contributed by atoms with Crippen LogP contribution in [-0.2, 0) is 0 Å². The second kappa shape index (κ2) is 7.29. The van der Waals surface area contributed by atoms with E-state index < -0.39 is 0 Å². The average molecular weight is 291 g/mol. The summed E-state index contributed by atoms with van der Waals surface area (Å²) in [6.07, 6.45) is 5.87. The first-order valence-electron chi connectivity index (χ1n) is 7.93. The third kappa shape index (κ3) is 3.86. The van der Waals surface area contributed by atoms with Gasteiger partial charge in [-0.1, -0.05) is 19.4 Å². The fraction of sp³-hybridized carbons (Fsp3) is 0.625. The van der Waals surface area contributed by atoms with E-state index in [4.69, 9.17) is 0 Å². The molecule has 2 N–H and O–H groups in total. The molecule has 21 heavy (non-hydrogen) atoms. The largest absolute Gasteiger partial charge is 0.380 e. The number of rotatable bonds is 6. The highest BCUT2D eigenvalue weighted by atomic mass is 16.6. The van der Waals surface area contributed by atoms with Crippen molar-refractivity contribution in [2.75, 3.05) is 17.2 Å². The highest BCUT2D eigenvalue weighted by Crippen LogP contribution is 2.35. The van der Waals surface area contributed by atoms with Crippen molar-refractivity contribution >= 4 is 17.1 Å². The zero-order valence-corrected chi connectivity index (χ0v) is 12.9. The van der Waals surface area contributed by atoms with Gasteiger partial charge in [-0.05, 0) is 50.7 Å². The minimum absolute atomic E-state index is 0.164. The van der Waals surface area contributed by atoms with E-state index in [-0.39, 0.29) is 10.6 Å². The Labute approximate surface area is 126 Å². The zero-order chi connectivity index (χ0) is 15.2. The van der Waals surface area contributed by atoms with Crippen LogP contribution in [0.4, 0.5) is 17.1 Å². The van der Waals surface area contributed by atoms with Gasteiger partial charge in [-0.2, -0.15) is 0 Å². The summed E-state index contributed by atoms with van der Waals surface area (Å²) < 4.78 is 0. The summed E-state index contributed by atoms with van der Waals surface area (Å²) in [5.41, 5.74) is 1.39. The molecule has 1 fully saturated rings. The van der Waals surface area contributed by atoms with Crippen LogP contribution in [-0.4, -0.2) is 17.5 Å². The zero-order valence-electron chi connectivity index (χ0n) is 12.9. The standard InChI is InChI=1S/C16H25N3O2/c1-3-12-8-10-13(11-9-12)18-15-7-5-6-14(17-4-2)16(15)19(20)21/h5-7,12-13,17-18H,3-4,8-11H2,1-2H3. The molecule has 0 unspecified atom stereocenters. The molecule has 0 spiro atoms. The van der Waals surface area contributed by atoms with E-state index in [0.717, 1.165) is 18.8 Å². The van der Waals surface area contributed by atoms with E-state index in [1.54, 1.807) is 6.07 Å². The lowest BCUT2D eigenvalue weighted by Crippen LogP contribution is -2.26. The maximum atomic E-state index is 11.4. The van der Waals surface area contributed by atoms with Gasteiger partial charge in [0.05, 0.1) is 4.92 Å². The van der Waals surface area contributed by atoms with Crippen molar-refractivity contribution in [1.29, 1.82) is 0 Å². The number of nitro groups is 1. The molecule has 5 heteroatoms. The van der Waals surface area contributed by atoms with Gasteiger partial charge in [0.15, 0.2) is 0 Å². The molecule has 1 aliphatic carbocycles. The van der Waals surface area contributed by atoms with E-state index in [1.165, 1.54) is 19.3 Å². The summed E-state index contributed by atoms with van der Waals surface area (Å²) in [4.78, 5) is 11.1. The van der Waals surface area contributed by atoms with Crippen LogP contribution in [0.1, 0.15) is 46.0 Å². The first-order valence-corrected chi connectivity index (χ1v) is 7.93. The highest BCUT2D eigenvalue weighted by Gasteiger charge is 2.24. The maximum absolute atomic E-state index is 11.4. The van der Waals surface area contributed by atoms with Gasteiger partial charge >= 0.3 is 5.69 Å². The van der Waals surface area contributed by atoms with Gasteiger partial charge in [-0.15, -0.1) is 0 Å². The number of hydrogen-bond donors (Lipinski definition) is 2. The molecular weight excluding hydrogens is 266 g/mol. The Bertz CT molecular complexity index is 482. The van der Waals surface area contributed by atoms with Crippen LogP contribution in [0, 0.1) is 16.0 Å². The highest BCUT2D eigenvalue weighted by molar-refractivity contribution is 5.76. The maximum Gasteiger partial charge on any atom is 0.315 e. The topological polar surface area (TPSA) is 67.2 Å². The van der Waals surface area contributed by atoms with Gasteiger partial charge in [-0.25, -0.2) is 0 Å². The van der Waals surface area contributed by atoms with Crippen LogP contribution < -0.4 is 10.6 Å². The second-order valence-corrected chi connectivity index (χ2v) is 5.76. The van der Waals surface area contributed by atoms with E-state index in [2.05, 4.69) is 17.6 Å². The molecule has 0 heterocycles. The van der Waals surface area contributed by atoms with Crippen molar-refractivity contribution in [3.8, 4) is 0 Å². The van der Waals surface area contributed by atoms with Crippen LogP contribution in [0.25, 0.3) is 0 Å². The summed E-state index contributed by atoms with van der Waals surface area (Å²) in [7, 11) is 0. The molecule has 0 aromatic heterocycles. The van der Waals surface area contributed by atoms with Crippen LogP contribution in [0.5, 0.6) is 0 Å². The van der Waals surface area contributed by atoms with Crippen molar-refractivity contribution in [3.63, 3.8) is 0 Å². The van der Waals surface area contributed by atoms with Gasteiger partial charge in [-0.3, -0.25) is 10.1 Å². The Kier molecular flexibility index (Phi) is 5.42. The molecule has 0 saturated heterocycles. The number of hydrogen-bond acceptors (Lipinski definition) is 4. The normalized spacial score (nSPS) is 21.8. The summed E-state index contributed by atoms with van der Waals surface area (Å²) in [5, 5.41) is 17.8. The van der Waals surface area contributed by atoms with Crippen molar-refractivity contribution in [2.45, 2.75) is 52.0 Å².